The number of unbranched alkanes of at least 4 members (excludes halogenated alkanes) is 2. The van der Waals surface area contributed by atoms with E-state index in [1.807, 2.05) is 12.1 Å². The van der Waals surface area contributed by atoms with Gasteiger partial charge in [-0.3, -0.25) is 0 Å². The van der Waals surface area contributed by atoms with Crippen molar-refractivity contribution >= 4 is 0 Å². The smallest absolute Gasteiger partial charge is 0.201 e. The van der Waals surface area contributed by atoms with E-state index in [1.165, 1.54) is 69.4 Å². The van der Waals surface area contributed by atoms with Gasteiger partial charge in [0.05, 0.1) is 6.61 Å². The quantitative estimate of drug-likeness (QED) is 0.336. The van der Waals surface area contributed by atoms with Crippen LogP contribution in [0.3, 0.4) is 0 Å². The molecule has 2 saturated carbocycles. The van der Waals surface area contributed by atoms with E-state index < -0.39 is 11.6 Å². The van der Waals surface area contributed by atoms with Crippen LogP contribution < -0.4 is 4.74 Å². The number of rotatable bonds is 10. The van der Waals surface area contributed by atoms with Gasteiger partial charge in [-0.1, -0.05) is 56.9 Å². The molecule has 4 atom stereocenters. The summed E-state index contributed by atoms with van der Waals surface area (Å²) in [5.74, 6) is 2.01. The molecule has 174 valence electrons. The van der Waals surface area contributed by atoms with Gasteiger partial charge >= 0.3 is 0 Å². The first-order valence-electron chi connectivity index (χ1n) is 12.8. The minimum Gasteiger partial charge on any atom is -0.491 e. The lowest BCUT2D eigenvalue weighted by molar-refractivity contribution is 0.291. The molecule has 0 aliphatic heterocycles. The molecule has 0 saturated heterocycles. The lowest BCUT2D eigenvalue weighted by Gasteiger charge is -2.21. The Bertz CT molecular complexity index is 875. The fourth-order valence-corrected chi connectivity index (χ4v) is 6.44. The predicted octanol–water partition coefficient (Wildman–Crippen LogP) is 8.60. The summed E-state index contributed by atoms with van der Waals surface area (Å²) in [6, 6.07) is 11.1. The molecular formula is C29H38F2O. The van der Waals surface area contributed by atoms with Gasteiger partial charge in [-0.05, 0) is 92.4 Å². The van der Waals surface area contributed by atoms with Crippen molar-refractivity contribution in [3.8, 4) is 16.9 Å². The van der Waals surface area contributed by atoms with Crippen molar-refractivity contribution in [3.05, 3.63) is 53.6 Å². The molecule has 1 nitrogen and oxygen atoms in total. The molecule has 0 spiro atoms. The van der Waals surface area contributed by atoms with Crippen LogP contribution in [-0.2, 0) is 6.42 Å². The van der Waals surface area contributed by atoms with E-state index in [0.29, 0.717) is 12.2 Å². The van der Waals surface area contributed by atoms with E-state index in [0.717, 1.165) is 30.1 Å². The van der Waals surface area contributed by atoms with E-state index in [-0.39, 0.29) is 11.3 Å². The molecule has 4 unspecified atom stereocenters. The molecule has 2 aliphatic carbocycles. The Labute approximate surface area is 192 Å². The van der Waals surface area contributed by atoms with Crippen LogP contribution in [0.4, 0.5) is 8.78 Å². The summed E-state index contributed by atoms with van der Waals surface area (Å²) in [7, 11) is 0. The predicted molar refractivity (Wildman–Crippen MR) is 128 cm³/mol. The van der Waals surface area contributed by atoms with Gasteiger partial charge in [0.2, 0.25) is 5.82 Å². The summed E-state index contributed by atoms with van der Waals surface area (Å²) in [5.41, 5.74) is 2.29. The van der Waals surface area contributed by atoms with E-state index in [1.54, 1.807) is 13.0 Å². The van der Waals surface area contributed by atoms with Gasteiger partial charge in [0.15, 0.2) is 11.6 Å². The summed E-state index contributed by atoms with van der Waals surface area (Å²) in [6.07, 6.45) is 13.6. The minimum absolute atomic E-state index is 0.0280. The highest BCUT2D eigenvalue weighted by Crippen LogP contribution is 2.53. The average molecular weight is 441 g/mol. The first kappa shape index (κ1) is 23.3. The zero-order valence-electron chi connectivity index (χ0n) is 19.7. The Balaban J connectivity index is 1.33. The number of hydrogen-bond donors (Lipinski definition) is 0. The largest absolute Gasteiger partial charge is 0.491 e. The number of aryl methyl sites for hydroxylation is 1. The summed E-state index contributed by atoms with van der Waals surface area (Å²) in [5, 5.41) is 0. The minimum atomic E-state index is -0.909. The molecule has 0 radical (unpaired) electrons. The van der Waals surface area contributed by atoms with E-state index in [4.69, 9.17) is 4.74 Å². The summed E-state index contributed by atoms with van der Waals surface area (Å²) in [4.78, 5) is 0. The molecule has 2 aromatic carbocycles. The summed E-state index contributed by atoms with van der Waals surface area (Å²) < 4.78 is 33.9. The third-order valence-electron chi connectivity index (χ3n) is 8.10. The molecule has 0 aromatic heterocycles. The van der Waals surface area contributed by atoms with Gasteiger partial charge in [-0.25, -0.2) is 4.39 Å². The van der Waals surface area contributed by atoms with Crippen LogP contribution in [0.5, 0.6) is 5.75 Å². The maximum absolute atomic E-state index is 14.5. The van der Waals surface area contributed by atoms with Crippen molar-refractivity contribution in [3.63, 3.8) is 0 Å². The van der Waals surface area contributed by atoms with Crippen LogP contribution in [0, 0.1) is 35.3 Å². The maximum atomic E-state index is 14.5. The second kappa shape index (κ2) is 10.8. The first-order valence-corrected chi connectivity index (χ1v) is 12.8. The number of benzene rings is 2. The van der Waals surface area contributed by atoms with Crippen molar-refractivity contribution in [2.45, 2.75) is 78.1 Å². The fraction of sp³-hybridized carbons (Fsp3) is 0.586. The number of ether oxygens (including phenoxy) is 1. The van der Waals surface area contributed by atoms with Crippen LogP contribution in [0.25, 0.3) is 11.1 Å². The number of fused-ring (bicyclic) bond motifs is 1. The van der Waals surface area contributed by atoms with E-state index in [9.17, 15) is 8.78 Å². The summed E-state index contributed by atoms with van der Waals surface area (Å²) >= 11 is 0. The van der Waals surface area contributed by atoms with Gasteiger partial charge < -0.3 is 4.74 Å². The van der Waals surface area contributed by atoms with Gasteiger partial charge in [0, 0.05) is 5.56 Å². The number of hydrogen-bond acceptors (Lipinski definition) is 1. The summed E-state index contributed by atoms with van der Waals surface area (Å²) in [6.45, 7) is 4.36. The van der Waals surface area contributed by atoms with Crippen LogP contribution in [-0.4, -0.2) is 6.61 Å². The standard InChI is InChI=1S/C29H38F2O/c1-3-5-6-7-21-14-16-25-22(15-17-24(21)25)11-8-20-9-12-23(13-10-20)26-18-19-27(32-4-2)29(31)28(26)30/h9-10,12-13,18-19,21-22,24-25H,3-8,11,14-17H2,1-2H3. The highest BCUT2D eigenvalue weighted by atomic mass is 19.2. The highest BCUT2D eigenvalue weighted by molar-refractivity contribution is 5.65. The van der Waals surface area contributed by atoms with Crippen LogP contribution in [0.1, 0.15) is 77.2 Å². The van der Waals surface area contributed by atoms with Crippen molar-refractivity contribution in [1.29, 1.82) is 0 Å². The molecule has 32 heavy (non-hydrogen) atoms. The molecule has 2 aliphatic rings. The second-order valence-electron chi connectivity index (χ2n) is 9.91. The van der Waals surface area contributed by atoms with Crippen molar-refractivity contribution in [2.75, 3.05) is 6.61 Å². The second-order valence-corrected chi connectivity index (χ2v) is 9.91. The SMILES string of the molecule is CCCCCC1CCC2C(CCc3ccc(-c4ccc(OCC)c(F)c4F)cc3)CCC12. The van der Waals surface area contributed by atoms with Crippen LogP contribution in [0.15, 0.2) is 36.4 Å². The molecule has 0 amide bonds. The van der Waals surface area contributed by atoms with Crippen LogP contribution in [0.2, 0.25) is 0 Å². The third kappa shape index (κ3) is 5.02. The average Bonchev–Trinajstić information content (AvgIpc) is 3.39. The monoisotopic (exact) mass is 440 g/mol. The topological polar surface area (TPSA) is 9.23 Å². The lowest BCUT2D eigenvalue weighted by atomic mass is 9.84. The zero-order valence-corrected chi connectivity index (χ0v) is 19.7. The van der Waals surface area contributed by atoms with E-state index in [2.05, 4.69) is 19.1 Å². The first-order chi connectivity index (χ1) is 15.6. The Morgan fingerprint density at radius 1 is 0.781 bits per heavy atom. The fourth-order valence-electron chi connectivity index (χ4n) is 6.44. The van der Waals surface area contributed by atoms with Crippen molar-refractivity contribution < 1.29 is 13.5 Å². The Morgan fingerprint density at radius 3 is 2.12 bits per heavy atom. The normalized spacial score (nSPS) is 24.6. The molecular weight excluding hydrogens is 402 g/mol. The van der Waals surface area contributed by atoms with Gasteiger partial charge in [0.1, 0.15) is 0 Å². The molecule has 3 heteroatoms. The molecule has 0 heterocycles. The Hall–Kier alpha value is -1.90. The van der Waals surface area contributed by atoms with Gasteiger partial charge in [-0.15, -0.1) is 0 Å². The highest BCUT2D eigenvalue weighted by Gasteiger charge is 2.43. The molecule has 0 N–H and O–H groups in total. The van der Waals surface area contributed by atoms with Gasteiger partial charge in [0.25, 0.3) is 0 Å². The zero-order chi connectivity index (χ0) is 22.5. The molecule has 2 aromatic rings. The molecule has 2 fully saturated rings. The maximum Gasteiger partial charge on any atom is 0.201 e. The van der Waals surface area contributed by atoms with Crippen molar-refractivity contribution in [2.24, 2.45) is 23.7 Å². The van der Waals surface area contributed by atoms with Crippen molar-refractivity contribution in [1.82, 2.24) is 0 Å². The van der Waals surface area contributed by atoms with E-state index >= 15 is 0 Å². The molecule has 0 bridgehead atoms. The third-order valence-corrected chi connectivity index (χ3v) is 8.10. The van der Waals surface area contributed by atoms with Crippen LogP contribution >= 0.6 is 0 Å². The Morgan fingerprint density at radius 2 is 1.47 bits per heavy atom. The van der Waals surface area contributed by atoms with Gasteiger partial charge in [-0.2, -0.15) is 4.39 Å². The molecule has 4 rings (SSSR count). The number of halogens is 2. The lowest BCUT2D eigenvalue weighted by Crippen LogP contribution is -2.13. The Kier molecular flexibility index (Phi) is 7.86.